The third-order valence-corrected chi connectivity index (χ3v) is 2.31. The van der Waals surface area contributed by atoms with Crippen LogP contribution in [-0.2, 0) is 0 Å². The lowest BCUT2D eigenvalue weighted by molar-refractivity contribution is 1.29. The predicted octanol–water partition coefficient (Wildman–Crippen LogP) is 3.43. The molecule has 0 atom stereocenters. The van der Waals surface area contributed by atoms with Crippen LogP contribution in [0.3, 0.4) is 0 Å². The summed E-state index contributed by atoms with van der Waals surface area (Å²) in [4.78, 5) is 4.50. The lowest BCUT2D eigenvalue weighted by Gasteiger charge is -2.07. The number of rotatable bonds is 0. The molecule has 0 aromatic heterocycles. The lowest BCUT2D eigenvalue weighted by Crippen LogP contribution is -1.99. The van der Waals surface area contributed by atoms with E-state index >= 15 is 0 Å². The first-order valence-corrected chi connectivity index (χ1v) is 4.77. The van der Waals surface area contributed by atoms with Crippen molar-refractivity contribution >= 4 is 11.8 Å². The Morgan fingerprint density at radius 3 is 2.71 bits per heavy atom. The highest BCUT2D eigenvalue weighted by molar-refractivity contribution is 6.02. The van der Waals surface area contributed by atoms with E-state index in [0.717, 1.165) is 11.4 Å². The highest BCUT2D eigenvalue weighted by Crippen LogP contribution is 2.15. The third kappa shape index (κ3) is 1.67. The molecule has 14 heavy (non-hydrogen) atoms. The maximum atomic E-state index is 4.50. The molecule has 70 valence electrons. The average molecular weight is 183 g/mol. The molecule has 0 radical (unpaired) electrons. The molecule has 2 rings (SSSR count). The summed E-state index contributed by atoms with van der Waals surface area (Å²) in [5, 5.41) is 0. The number of allylic oxidation sites excluding steroid dienone is 3. The summed E-state index contributed by atoms with van der Waals surface area (Å²) in [6, 6.07) is 8.32. The molecular formula is C13H13N. The molecule has 0 amide bonds. The smallest absolute Gasteiger partial charge is 0.0454 e. The van der Waals surface area contributed by atoms with E-state index in [0.29, 0.717) is 0 Å². The number of hydrogen-bond acceptors (Lipinski definition) is 1. The van der Waals surface area contributed by atoms with E-state index < -0.39 is 0 Å². The zero-order valence-corrected chi connectivity index (χ0v) is 8.49. The second-order valence-electron chi connectivity index (χ2n) is 3.45. The van der Waals surface area contributed by atoms with Crippen molar-refractivity contribution in [3.63, 3.8) is 0 Å². The Bertz CT molecular complexity index is 436. The standard InChI is InChI=1S/C13H13N/c1-10-6-5-8-12-7-3-4-9-13(12)11(2)14-10/h3-9H,1-2H3. The SMILES string of the molecule is CC1=CC=Cc2ccccc2C(C)=N1. The van der Waals surface area contributed by atoms with E-state index in [2.05, 4.69) is 36.2 Å². The Balaban J connectivity index is 2.61. The molecule has 1 aromatic rings. The fourth-order valence-corrected chi connectivity index (χ4v) is 1.62. The summed E-state index contributed by atoms with van der Waals surface area (Å²) in [5.74, 6) is 0. The van der Waals surface area contributed by atoms with Crippen LogP contribution in [0.15, 0.2) is 47.1 Å². The maximum absolute atomic E-state index is 4.50. The van der Waals surface area contributed by atoms with Crippen molar-refractivity contribution in [3.05, 3.63) is 53.2 Å². The fourth-order valence-electron chi connectivity index (χ4n) is 1.62. The van der Waals surface area contributed by atoms with Crippen LogP contribution in [0.4, 0.5) is 0 Å². The van der Waals surface area contributed by atoms with Gasteiger partial charge in [-0.25, -0.2) is 0 Å². The summed E-state index contributed by atoms with van der Waals surface area (Å²) in [5.41, 5.74) is 4.58. The minimum Gasteiger partial charge on any atom is -0.258 e. The molecule has 0 spiro atoms. The van der Waals surface area contributed by atoms with E-state index in [9.17, 15) is 0 Å². The quantitative estimate of drug-likeness (QED) is 0.584. The minimum absolute atomic E-state index is 1.05. The molecule has 1 aliphatic heterocycles. The van der Waals surface area contributed by atoms with E-state index in [-0.39, 0.29) is 0 Å². The first-order chi connectivity index (χ1) is 6.77. The van der Waals surface area contributed by atoms with Crippen molar-refractivity contribution in [2.75, 3.05) is 0 Å². The molecular weight excluding hydrogens is 170 g/mol. The fraction of sp³-hybridized carbons (Fsp3) is 0.154. The predicted molar refractivity (Wildman–Crippen MR) is 61.4 cm³/mol. The van der Waals surface area contributed by atoms with Crippen LogP contribution in [-0.4, -0.2) is 5.71 Å². The molecule has 0 N–H and O–H groups in total. The third-order valence-electron chi connectivity index (χ3n) is 2.31. The van der Waals surface area contributed by atoms with Gasteiger partial charge in [0.1, 0.15) is 0 Å². The van der Waals surface area contributed by atoms with Gasteiger partial charge in [-0.1, -0.05) is 36.4 Å². The summed E-state index contributed by atoms with van der Waals surface area (Å²) >= 11 is 0. The molecule has 1 heterocycles. The molecule has 0 saturated heterocycles. The van der Waals surface area contributed by atoms with E-state index in [1.807, 2.05) is 25.1 Å². The monoisotopic (exact) mass is 183 g/mol. The summed E-state index contributed by atoms with van der Waals surface area (Å²) < 4.78 is 0. The van der Waals surface area contributed by atoms with E-state index in [1.165, 1.54) is 11.1 Å². The largest absolute Gasteiger partial charge is 0.258 e. The number of fused-ring (bicyclic) bond motifs is 1. The first-order valence-electron chi connectivity index (χ1n) is 4.77. The summed E-state index contributed by atoms with van der Waals surface area (Å²) in [7, 11) is 0. The Labute approximate surface area is 84.5 Å². The second kappa shape index (κ2) is 3.62. The topological polar surface area (TPSA) is 12.4 Å². The van der Waals surface area contributed by atoms with Crippen LogP contribution in [0.2, 0.25) is 0 Å². The van der Waals surface area contributed by atoms with Crippen molar-refractivity contribution in [1.82, 2.24) is 0 Å². The van der Waals surface area contributed by atoms with Gasteiger partial charge < -0.3 is 0 Å². The molecule has 1 aliphatic rings. The highest BCUT2D eigenvalue weighted by Gasteiger charge is 2.03. The van der Waals surface area contributed by atoms with Gasteiger partial charge in [0, 0.05) is 17.0 Å². The van der Waals surface area contributed by atoms with Crippen LogP contribution >= 0.6 is 0 Å². The normalized spacial score (nSPS) is 15.0. The molecule has 0 fully saturated rings. The lowest BCUT2D eigenvalue weighted by atomic mass is 10.0. The Hall–Kier alpha value is -1.63. The van der Waals surface area contributed by atoms with Gasteiger partial charge >= 0.3 is 0 Å². The van der Waals surface area contributed by atoms with Crippen LogP contribution in [0.5, 0.6) is 0 Å². The molecule has 1 heteroatoms. The van der Waals surface area contributed by atoms with E-state index in [1.54, 1.807) is 0 Å². The molecule has 0 unspecified atom stereocenters. The van der Waals surface area contributed by atoms with Crippen molar-refractivity contribution in [1.29, 1.82) is 0 Å². The highest BCUT2D eigenvalue weighted by atomic mass is 14.7. The van der Waals surface area contributed by atoms with Crippen LogP contribution in [0, 0.1) is 0 Å². The zero-order chi connectivity index (χ0) is 9.97. The van der Waals surface area contributed by atoms with Gasteiger partial charge in [-0.15, -0.1) is 0 Å². The minimum atomic E-state index is 1.05. The molecule has 0 aliphatic carbocycles. The molecule has 1 nitrogen and oxygen atoms in total. The molecule has 0 bridgehead atoms. The van der Waals surface area contributed by atoms with Crippen LogP contribution in [0.1, 0.15) is 25.0 Å². The second-order valence-corrected chi connectivity index (χ2v) is 3.45. The average Bonchev–Trinajstić information content (AvgIpc) is 2.16. The van der Waals surface area contributed by atoms with Crippen molar-refractivity contribution in [3.8, 4) is 0 Å². The van der Waals surface area contributed by atoms with E-state index in [4.69, 9.17) is 0 Å². The first kappa shape index (κ1) is 8.95. The van der Waals surface area contributed by atoms with Crippen molar-refractivity contribution in [2.24, 2.45) is 4.99 Å². The number of benzene rings is 1. The summed E-state index contributed by atoms with van der Waals surface area (Å²) in [6.45, 7) is 4.07. The maximum Gasteiger partial charge on any atom is 0.0454 e. The van der Waals surface area contributed by atoms with Crippen LogP contribution in [0.25, 0.3) is 6.08 Å². The van der Waals surface area contributed by atoms with Gasteiger partial charge in [-0.05, 0) is 25.5 Å². The van der Waals surface area contributed by atoms with Crippen molar-refractivity contribution in [2.45, 2.75) is 13.8 Å². The zero-order valence-electron chi connectivity index (χ0n) is 8.49. The Kier molecular flexibility index (Phi) is 2.32. The van der Waals surface area contributed by atoms with Crippen LogP contribution < -0.4 is 0 Å². The summed E-state index contributed by atoms with van der Waals surface area (Å²) in [6.07, 6.45) is 6.20. The van der Waals surface area contributed by atoms with Crippen molar-refractivity contribution < 1.29 is 0 Å². The van der Waals surface area contributed by atoms with Gasteiger partial charge in [-0.3, -0.25) is 4.99 Å². The molecule has 0 saturated carbocycles. The van der Waals surface area contributed by atoms with Gasteiger partial charge in [0.15, 0.2) is 0 Å². The van der Waals surface area contributed by atoms with Gasteiger partial charge in [0.25, 0.3) is 0 Å². The Morgan fingerprint density at radius 1 is 1.07 bits per heavy atom. The van der Waals surface area contributed by atoms with Gasteiger partial charge in [0.2, 0.25) is 0 Å². The Morgan fingerprint density at radius 2 is 1.86 bits per heavy atom. The molecule has 1 aromatic carbocycles. The number of nitrogens with zero attached hydrogens (tertiary/aromatic N) is 1. The van der Waals surface area contributed by atoms with Gasteiger partial charge in [0.05, 0.1) is 0 Å². The number of hydrogen-bond donors (Lipinski definition) is 0. The number of aliphatic imine (C=N–C) groups is 1. The van der Waals surface area contributed by atoms with Gasteiger partial charge in [-0.2, -0.15) is 0 Å².